The number of hydrogen-bond acceptors (Lipinski definition) is 0. The molecule has 0 aliphatic rings. The molecule has 0 fully saturated rings. The van der Waals surface area contributed by atoms with Crippen LogP contribution in [0.2, 0.25) is 0 Å². The first-order valence-corrected chi connectivity index (χ1v) is 9.16. The summed E-state index contributed by atoms with van der Waals surface area (Å²) in [6.45, 7) is 5.25. The zero-order valence-corrected chi connectivity index (χ0v) is 15.2. The van der Waals surface area contributed by atoms with Crippen LogP contribution in [0.25, 0.3) is 32.6 Å². The van der Waals surface area contributed by atoms with E-state index in [0.717, 1.165) is 6.54 Å². The summed E-state index contributed by atoms with van der Waals surface area (Å²) in [4.78, 5) is 0. The minimum atomic E-state index is 0.894. The van der Waals surface area contributed by atoms with Crippen LogP contribution in [0.3, 0.4) is 0 Å². The van der Waals surface area contributed by atoms with E-state index in [1.165, 1.54) is 49.3 Å². The molecular weight excluding hydrogens is 314 g/mol. The van der Waals surface area contributed by atoms with Crippen molar-refractivity contribution in [3.63, 3.8) is 0 Å². The Bertz CT molecular complexity index is 1250. The number of para-hydroxylation sites is 1. The third-order valence-corrected chi connectivity index (χ3v) is 5.26. The Morgan fingerprint density at radius 2 is 1.27 bits per heavy atom. The van der Waals surface area contributed by atoms with Crippen LogP contribution in [-0.4, -0.2) is 4.57 Å². The van der Waals surface area contributed by atoms with Crippen molar-refractivity contribution in [2.24, 2.45) is 0 Å². The highest BCUT2D eigenvalue weighted by atomic mass is 15.0. The van der Waals surface area contributed by atoms with Gasteiger partial charge in [-0.3, -0.25) is 0 Å². The first kappa shape index (κ1) is 15.2. The molecule has 1 heteroatoms. The lowest BCUT2D eigenvalue weighted by Gasteiger charge is -2.10. The predicted molar refractivity (Wildman–Crippen MR) is 112 cm³/mol. The second-order valence-corrected chi connectivity index (χ2v) is 7.32. The third-order valence-electron chi connectivity index (χ3n) is 5.26. The van der Waals surface area contributed by atoms with E-state index >= 15 is 0 Å². The number of hydrogen-bond donors (Lipinski definition) is 0. The summed E-state index contributed by atoms with van der Waals surface area (Å²) in [6.07, 6.45) is 0. The van der Waals surface area contributed by atoms with Gasteiger partial charge in [0.2, 0.25) is 0 Å². The number of fused-ring (bicyclic) bond motifs is 4. The minimum Gasteiger partial charge on any atom is -0.336 e. The molecule has 0 aliphatic heterocycles. The van der Waals surface area contributed by atoms with Crippen molar-refractivity contribution in [1.29, 1.82) is 0 Å². The van der Waals surface area contributed by atoms with Crippen LogP contribution in [-0.2, 0) is 6.54 Å². The average molecular weight is 335 g/mol. The second-order valence-electron chi connectivity index (χ2n) is 7.32. The van der Waals surface area contributed by atoms with Gasteiger partial charge >= 0.3 is 0 Å². The number of benzene rings is 4. The van der Waals surface area contributed by atoms with Crippen molar-refractivity contribution in [3.05, 3.63) is 95.6 Å². The molecule has 26 heavy (non-hydrogen) atoms. The summed E-state index contributed by atoms with van der Waals surface area (Å²) in [6, 6.07) is 28.9. The van der Waals surface area contributed by atoms with E-state index in [2.05, 4.69) is 97.3 Å². The molecule has 1 heterocycles. The Balaban J connectivity index is 1.82. The Hall–Kier alpha value is -3.06. The largest absolute Gasteiger partial charge is 0.336 e. The maximum atomic E-state index is 2.46. The Kier molecular flexibility index (Phi) is 3.36. The number of aryl methyl sites for hydroxylation is 2. The first-order chi connectivity index (χ1) is 12.7. The smallest absolute Gasteiger partial charge is 0.0500 e. The molecule has 0 N–H and O–H groups in total. The maximum absolute atomic E-state index is 2.46. The lowest BCUT2D eigenvalue weighted by atomic mass is 10.1. The van der Waals surface area contributed by atoms with Crippen LogP contribution >= 0.6 is 0 Å². The number of rotatable bonds is 2. The zero-order valence-electron chi connectivity index (χ0n) is 15.2. The molecule has 0 amide bonds. The van der Waals surface area contributed by atoms with Crippen LogP contribution in [0.5, 0.6) is 0 Å². The third kappa shape index (κ3) is 2.40. The standard InChI is InChI=1S/C25H21N/c1-17-11-18(2)13-19(12-17)16-26-24-10-6-5-9-22(24)23-14-20-7-3-4-8-21(20)15-25(23)26/h3-15H,16H2,1-2H3. The molecule has 0 atom stereocenters. The normalized spacial score (nSPS) is 11.6. The fourth-order valence-corrected chi connectivity index (χ4v) is 4.25. The molecule has 5 rings (SSSR count). The molecule has 0 saturated heterocycles. The number of nitrogens with zero attached hydrogens (tertiary/aromatic N) is 1. The summed E-state index contributed by atoms with van der Waals surface area (Å²) in [5, 5.41) is 5.26. The molecule has 5 aromatic rings. The van der Waals surface area contributed by atoms with E-state index in [1.54, 1.807) is 0 Å². The second kappa shape index (κ2) is 5.74. The molecule has 1 aromatic heterocycles. The first-order valence-electron chi connectivity index (χ1n) is 9.16. The molecule has 126 valence electrons. The van der Waals surface area contributed by atoms with Crippen molar-refractivity contribution >= 4 is 32.6 Å². The Labute approximate surface area is 153 Å². The van der Waals surface area contributed by atoms with Gasteiger partial charge in [0.15, 0.2) is 0 Å². The summed E-state index contributed by atoms with van der Waals surface area (Å²) < 4.78 is 2.46. The van der Waals surface area contributed by atoms with Crippen LogP contribution in [0, 0.1) is 13.8 Å². The zero-order chi connectivity index (χ0) is 17.7. The van der Waals surface area contributed by atoms with Gasteiger partial charge in [-0.15, -0.1) is 0 Å². The van der Waals surface area contributed by atoms with Crippen LogP contribution in [0.4, 0.5) is 0 Å². The summed E-state index contributed by atoms with van der Waals surface area (Å²) in [5.74, 6) is 0. The van der Waals surface area contributed by atoms with Crippen LogP contribution in [0.15, 0.2) is 78.9 Å². The van der Waals surface area contributed by atoms with E-state index in [4.69, 9.17) is 0 Å². The molecule has 1 nitrogen and oxygen atoms in total. The summed E-state index contributed by atoms with van der Waals surface area (Å²) >= 11 is 0. The molecule has 0 bridgehead atoms. The van der Waals surface area contributed by atoms with Crippen molar-refractivity contribution in [3.8, 4) is 0 Å². The summed E-state index contributed by atoms with van der Waals surface area (Å²) in [5.41, 5.74) is 6.62. The van der Waals surface area contributed by atoms with E-state index < -0.39 is 0 Å². The average Bonchev–Trinajstić information content (AvgIpc) is 2.93. The lowest BCUT2D eigenvalue weighted by molar-refractivity contribution is 0.866. The molecule has 0 unspecified atom stereocenters. The van der Waals surface area contributed by atoms with Gasteiger partial charge in [0.05, 0.1) is 5.52 Å². The fourth-order valence-electron chi connectivity index (χ4n) is 4.25. The lowest BCUT2D eigenvalue weighted by Crippen LogP contribution is -2.00. The fraction of sp³-hybridized carbons (Fsp3) is 0.120. The highest BCUT2D eigenvalue weighted by Crippen LogP contribution is 2.33. The van der Waals surface area contributed by atoms with Gasteiger partial charge in [0.1, 0.15) is 0 Å². The quantitative estimate of drug-likeness (QED) is 0.342. The molecular formula is C25H21N. The molecule has 0 spiro atoms. The summed E-state index contributed by atoms with van der Waals surface area (Å²) in [7, 11) is 0. The van der Waals surface area contributed by atoms with Gasteiger partial charge in [-0.2, -0.15) is 0 Å². The Morgan fingerprint density at radius 3 is 2.04 bits per heavy atom. The van der Waals surface area contributed by atoms with Crippen molar-refractivity contribution < 1.29 is 0 Å². The monoisotopic (exact) mass is 335 g/mol. The van der Waals surface area contributed by atoms with Crippen LogP contribution in [0.1, 0.15) is 16.7 Å². The molecule has 0 radical (unpaired) electrons. The van der Waals surface area contributed by atoms with E-state index in [1.807, 2.05) is 0 Å². The van der Waals surface area contributed by atoms with Crippen LogP contribution < -0.4 is 0 Å². The van der Waals surface area contributed by atoms with Gasteiger partial charge in [-0.1, -0.05) is 71.8 Å². The predicted octanol–water partition coefficient (Wildman–Crippen LogP) is 6.61. The van der Waals surface area contributed by atoms with E-state index in [0.29, 0.717) is 0 Å². The van der Waals surface area contributed by atoms with Gasteiger partial charge in [0, 0.05) is 22.8 Å². The van der Waals surface area contributed by atoms with Gasteiger partial charge in [-0.05, 0) is 48.4 Å². The molecule has 4 aromatic carbocycles. The highest BCUT2D eigenvalue weighted by Gasteiger charge is 2.12. The SMILES string of the molecule is Cc1cc(C)cc(Cn2c3ccccc3c3cc4ccccc4cc32)c1. The van der Waals surface area contributed by atoms with E-state index in [9.17, 15) is 0 Å². The number of aromatic nitrogens is 1. The van der Waals surface area contributed by atoms with Gasteiger partial charge < -0.3 is 4.57 Å². The van der Waals surface area contributed by atoms with Gasteiger partial charge in [-0.25, -0.2) is 0 Å². The molecule has 0 saturated carbocycles. The maximum Gasteiger partial charge on any atom is 0.0500 e. The molecule has 0 aliphatic carbocycles. The topological polar surface area (TPSA) is 4.93 Å². The van der Waals surface area contributed by atoms with Gasteiger partial charge in [0.25, 0.3) is 0 Å². The highest BCUT2D eigenvalue weighted by molar-refractivity contribution is 6.12. The van der Waals surface area contributed by atoms with E-state index in [-0.39, 0.29) is 0 Å². The minimum absolute atomic E-state index is 0.894. The Morgan fingerprint density at radius 1 is 0.615 bits per heavy atom. The van der Waals surface area contributed by atoms with Crippen molar-refractivity contribution in [2.45, 2.75) is 20.4 Å². The van der Waals surface area contributed by atoms with Crippen molar-refractivity contribution in [1.82, 2.24) is 4.57 Å². The van der Waals surface area contributed by atoms with Crippen molar-refractivity contribution in [2.75, 3.05) is 0 Å².